The monoisotopic (exact) mass is 596 g/mol. The summed E-state index contributed by atoms with van der Waals surface area (Å²) < 4.78 is 62.8. The molecule has 4 aromatic rings. The van der Waals surface area contributed by atoms with Crippen molar-refractivity contribution in [2.24, 2.45) is 0 Å². The van der Waals surface area contributed by atoms with Gasteiger partial charge in [-0.15, -0.1) is 0 Å². The molecule has 7 heteroatoms. The first-order valence-electron chi connectivity index (χ1n) is 14.9. The SMILES string of the molecule is Cc1ccc(Cn2cc(C3CCCCC3)nc2-c2c(P(C(C)(C)C)C(C)(C)C)ccc3c(F)c(F)c(F)c(F)c23)cc1. The Hall–Kier alpha value is -2.72. The molecule has 0 amide bonds. The summed E-state index contributed by atoms with van der Waals surface area (Å²) in [6.45, 7) is 15.4. The zero-order valence-corrected chi connectivity index (χ0v) is 26.6. The number of halogens is 4. The molecule has 1 saturated carbocycles. The van der Waals surface area contributed by atoms with E-state index in [0.29, 0.717) is 17.9 Å². The maximum absolute atomic E-state index is 16.0. The largest absolute Gasteiger partial charge is 0.326 e. The van der Waals surface area contributed by atoms with Gasteiger partial charge in [0.1, 0.15) is 5.82 Å². The lowest BCUT2D eigenvalue weighted by Gasteiger charge is -2.42. The summed E-state index contributed by atoms with van der Waals surface area (Å²) in [6, 6.07) is 11.4. The molecule has 0 unspecified atom stereocenters. The molecule has 3 aromatic carbocycles. The molecule has 1 heterocycles. The van der Waals surface area contributed by atoms with Gasteiger partial charge in [-0.05, 0) is 40.9 Å². The standard InChI is InChI=1S/C35H41F4N2P/c1-21-13-15-22(16-14-21)19-41-20-25(23-11-9-8-10-12-23)40-33(41)28-26(42(34(2,3)4)35(5,6)7)18-17-24-27(28)30(37)32(39)31(38)29(24)36/h13-18,20,23H,8-12,19H2,1-7H3. The smallest absolute Gasteiger partial charge is 0.198 e. The Morgan fingerprint density at radius 2 is 1.38 bits per heavy atom. The molecule has 0 aliphatic heterocycles. The van der Waals surface area contributed by atoms with Gasteiger partial charge in [0, 0.05) is 35.0 Å². The number of aromatic nitrogens is 2. The Kier molecular flexibility index (Phi) is 8.35. The van der Waals surface area contributed by atoms with Gasteiger partial charge in [0.05, 0.1) is 5.69 Å². The van der Waals surface area contributed by atoms with Crippen LogP contribution in [0.5, 0.6) is 0 Å². The van der Waals surface area contributed by atoms with E-state index in [1.807, 2.05) is 29.8 Å². The van der Waals surface area contributed by atoms with Gasteiger partial charge in [0.15, 0.2) is 23.3 Å². The average molecular weight is 597 g/mol. The van der Waals surface area contributed by atoms with E-state index in [9.17, 15) is 8.78 Å². The third-order valence-electron chi connectivity index (χ3n) is 8.32. The fraction of sp³-hybridized carbons (Fsp3) is 0.457. The number of hydrogen-bond donors (Lipinski definition) is 0. The second kappa shape index (κ2) is 11.4. The van der Waals surface area contributed by atoms with E-state index in [1.165, 1.54) is 12.5 Å². The van der Waals surface area contributed by atoms with Crippen LogP contribution in [0, 0.1) is 30.2 Å². The van der Waals surface area contributed by atoms with Crippen molar-refractivity contribution in [2.75, 3.05) is 0 Å². The summed E-state index contributed by atoms with van der Waals surface area (Å²) >= 11 is 0. The molecular formula is C35H41F4N2P. The lowest BCUT2D eigenvalue weighted by Crippen LogP contribution is -2.32. The van der Waals surface area contributed by atoms with E-state index < -0.39 is 31.2 Å². The first-order chi connectivity index (χ1) is 19.7. The van der Waals surface area contributed by atoms with Crippen LogP contribution in [-0.4, -0.2) is 19.9 Å². The van der Waals surface area contributed by atoms with Crippen molar-refractivity contribution < 1.29 is 17.6 Å². The van der Waals surface area contributed by atoms with Gasteiger partial charge in [-0.25, -0.2) is 22.5 Å². The number of aryl methyl sites for hydroxylation is 1. The fourth-order valence-electron chi connectivity index (χ4n) is 6.81. The second-order valence-electron chi connectivity index (χ2n) is 13.8. The Labute approximate surface area is 248 Å². The highest BCUT2D eigenvalue weighted by atomic mass is 31.1. The lowest BCUT2D eigenvalue weighted by molar-refractivity contribution is 0.418. The average Bonchev–Trinajstić information content (AvgIpc) is 3.34. The molecule has 1 fully saturated rings. The van der Waals surface area contributed by atoms with E-state index in [1.54, 1.807) is 6.07 Å². The van der Waals surface area contributed by atoms with Gasteiger partial charge >= 0.3 is 0 Å². The maximum atomic E-state index is 16.0. The van der Waals surface area contributed by atoms with Crippen LogP contribution in [0.3, 0.4) is 0 Å². The summed E-state index contributed by atoms with van der Waals surface area (Å²) in [5.74, 6) is -5.60. The zero-order chi connectivity index (χ0) is 30.6. The van der Waals surface area contributed by atoms with Crippen molar-refractivity contribution in [1.82, 2.24) is 9.55 Å². The van der Waals surface area contributed by atoms with Crippen LogP contribution in [0.2, 0.25) is 0 Å². The molecule has 0 N–H and O–H groups in total. The number of fused-ring (bicyclic) bond motifs is 1. The van der Waals surface area contributed by atoms with Gasteiger partial charge in [0.2, 0.25) is 0 Å². The van der Waals surface area contributed by atoms with E-state index in [4.69, 9.17) is 4.98 Å². The van der Waals surface area contributed by atoms with Crippen LogP contribution in [0.4, 0.5) is 17.6 Å². The number of imidazole rings is 1. The third kappa shape index (κ3) is 5.76. The minimum atomic E-state index is -1.79. The van der Waals surface area contributed by atoms with E-state index in [-0.39, 0.29) is 27.0 Å². The normalized spacial score (nSPS) is 15.2. The molecule has 42 heavy (non-hydrogen) atoms. The first-order valence-corrected chi connectivity index (χ1v) is 16.2. The van der Waals surface area contributed by atoms with Gasteiger partial charge in [-0.2, -0.15) is 0 Å². The quantitative estimate of drug-likeness (QED) is 0.0970. The minimum absolute atomic E-state index is 0.232. The number of nitrogens with zero attached hydrogens (tertiary/aromatic N) is 2. The van der Waals surface area contributed by atoms with Gasteiger partial charge in [-0.3, -0.25) is 0 Å². The Morgan fingerprint density at radius 3 is 1.98 bits per heavy atom. The molecule has 0 bridgehead atoms. The highest BCUT2D eigenvalue weighted by molar-refractivity contribution is 7.68. The fourth-order valence-corrected chi connectivity index (χ4v) is 10.9. The predicted octanol–water partition coefficient (Wildman–Crippen LogP) is 10.4. The summed E-state index contributed by atoms with van der Waals surface area (Å²) in [6.07, 6.45) is 7.50. The van der Waals surface area contributed by atoms with E-state index >= 15 is 8.78 Å². The summed E-state index contributed by atoms with van der Waals surface area (Å²) in [5, 5.41) is -0.162. The third-order valence-corrected chi connectivity index (χ3v) is 11.9. The molecular weight excluding hydrogens is 555 g/mol. The van der Waals surface area contributed by atoms with Crippen molar-refractivity contribution in [3.05, 3.63) is 82.7 Å². The summed E-state index contributed by atoms with van der Waals surface area (Å²) in [5.41, 5.74) is 3.46. The molecule has 0 atom stereocenters. The lowest BCUT2D eigenvalue weighted by atomic mass is 9.87. The van der Waals surface area contributed by atoms with Crippen molar-refractivity contribution in [2.45, 2.75) is 103 Å². The maximum Gasteiger partial charge on any atom is 0.198 e. The molecule has 1 aliphatic rings. The number of benzene rings is 3. The summed E-state index contributed by atoms with van der Waals surface area (Å²) in [4.78, 5) is 5.17. The van der Waals surface area contributed by atoms with Crippen LogP contribution in [-0.2, 0) is 6.54 Å². The molecule has 1 aromatic heterocycles. The summed E-state index contributed by atoms with van der Waals surface area (Å²) in [7, 11) is -1.03. The predicted molar refractivity (Wildman–Crippen MR) is 167 cm³/mol. The minimum Gasteiger partial charge on any atom is -0.326 e. The van der Waals surface area contributed by atoms with E-state index in [2.05, 4.69) is 53.7 Å². The van der Waals surface area contributed by atoms with Crippen molar-refractivity contribution in [1.29, 1.82) is 0 Å². The van der Waals surface area contributed by atoms with Crippen LogP contribution in [0.15, 0.2) is 42.6 Å². The topological polar surface area (TPSA) is 17.8 Å². The molecule has 2 nitrogen and oxygen atoms in total. The first kappa shape index (κ1) is 30.7. The van der Waals surface area contributed by atoms with Crippen molar-refractivity contribution in [3.63, 3.8) is 0 Å². The highest BCUT2D eigenvalue weighted by Crippen LogP contribution is 2.60. The zero-order valence-electron chi connectivity index (χ0n) is 25.7. The molecule has 0 saturated heterocycles. The van der Waals surface area contributed by atoms with Crippen LogP contribution < -0.4 is 5.30 Å². The van der Waals surface area contributed by atoms with Crippen molar-refractivity contribution in [3.8, 4) is 11.4 Å². The Bertz CT molecular complexity index is 1590. The number of rotatable bonds is 5. The van der Waals surface area contributed by atoms with Gasteiger partial charge in [0.25, 0.3) is 0 Å². The molecule has 0 radical (unpaired) electrons. The Balaban J connectivity index is 1.88. The van der Waals surface area contributed by atoms with Crippen LogP contribution in [0.1, 0.15) is 96.4 Å². The second-order valence-corrected chi connectivity index (χ2v) is 17.6. The van der Waals surface area contributed by atoms with Gasteiger partial charge < -0.3 is 4.57 Å². The van der Waals surface area contributed by atoms with Crippen molar-refractivity contribution >= 4 is 24.0 Å². The van der Waals surface area contributed by atoms with E-state index in [0.717, 1.165) is 47.8 Å². The number of hydrogen-bond acceptors (Lipinski definition) is 1. The van der Waals surface area contributed by atoms with Crippen LogP contribution in [0.25, 0.3) is 22.2 Å². The molecule has 224 valence electrons. The molecule has 1 aliphatic carbocycles. The van der Waals surface area contributed by atoms with Crippen LogP contribution >= 0.6 is 7.92 Å². The molecule has 0 spiro atoms. The molecule has 5 rings (SSSR count). The highest BCUT2D eigenvalue weighted by Gasteiger charge is 2.39. The van der Waals surface area contributed by atoms with Gasteiger partial charge in [-0.1, -0.05) is 111 Å². The Morgan fingerprint density at radius 1 is 0.786 bits per heavy atom.